The van der Waals surface area contributed by atoms with Crippen molar-refractivity contribution in [1.82, 2.24) is 14.4 Å². The summed E-state index contributed by atoms with van der Waals surface area (Å²) in [6.07, 6.45) is 5.53. The lowest BCUT2D eigenvalue weighted by atomic mass is 10.1. The molecule has 6 heteroatoms. The number of hydrogen-bond acceptors (Lipinski definition) is 4. The maximum absolute atomic E-state index is 11.4. The fourth-order valence-corrected chi connectivity index (χ4v) is 3.73. The van der Waals surface area contributed by atoms with E-state index in [1.807, 2.05) is 60.0 Å². The van der Waals surface area contributed by atoms with E-state index >= 15 is 0 Å². The van der Waals surface area contributed by atoms with Crippen LogP contribution in [0.2, 0.25) is 0 Å². The monoisotopic (exact) mass is 349 g/mol. The molecule has 3 heterocycles. The number of rotatable bonds is 4. The van der Waals surface area contributed by atoms with Gasteiger partial charge in [0.2, 0.25) is 0 Å². The molecule has 0 bridgehead atoms. The van der Waals surface area contributed by atoms with Crippen molar-refractivity contribution in [3.63, 3.8) is 0 Å². The first kappa shape index (κ1) is 15.5. The van der Waals surface area contributed by atoms with E-state index in [0.717, 1.165) is 32.1 Å². The summed E-state index contributed by atoms with van der Waals surface area (Å²) in [4.78, 5) is 20.3. The summed E-state index contributed by atoms with van der Waals surface area (Å²) in [6, 6.07) is 11.8. The van der Waals surface area contributed by atoms with Crippen molar-refractivity contribution in [1.29, 1.82) is 0 Å². The Kier molecular flexibility index (Phi) is 3.82. The van der Waals surface area contributed by atoms with Crippen LogP contribution in [0.4, 0.5) is 0 Å². The molecular weight excluding hydrogens is 334 g/mol. The molecule has 0 spiro atoms. The van der Waals surface area contributed by atoms with Crippen molar-refractivity contribution in [2.24, 2.45) is 0 Å². The topological polar surface area (TPSA) is 67.5 Å². The molecule has 0 atom stereocenters. The molecule has 0 aliphatic rings. The van der Waals surface area contributed by atoms with E-state index in [0.29, 0.717) is 5.57 Å². The largest absolute Gasteiger partial charge is 0.481 e. The fraction of sp³-hybridized carbons (Fsp3) is 0.105. The molecule has 4 rings (SSSR count). The standard InChI is InChI=1S/C19H15N3O2S/c1-12-6-7-17-20-10-14(22(17)11-12)8-13(9-18(23)24)19-21-15-4-2-3-5-16(15)25-19/h2-8,10-11H,9H2,1H3,(H,23,24)/b13-8+. The molecule has 0 unspecified atom stereocenters. The molecule has 3 aromatic heterocycles. The number of carboxylic acid groups (broad SMARTS) is 1. The zero-order valence-electron chi connectivity index (χ0n) is 13.5. The van der Waals surface area contributed by atoms with Crippen LogP contribution in [0, 0.1) is 6.92 Å². The molecular formula is C19H15N3O2S. The normalized spacial score (nSPS) is 12.1. The Hall–Kier alpha value is -2.99. The average Bonchev–Trinajstić information content (AvgIpc) is 3.18. The van der Waals surface area contributed by atoms with E-state index in [4.69, 9.17) is 0 Å². The van der Waals surface area contributed by atoms with Crippen LogP contribution in [-0.4, -0.2) is 25.4 Å². The highest BCUT2D eigenvalue weighted by atomic mass is 32.1. The van der Waals surface area contributed by atoms with E-state index in [1.165, 1.54) is 11.3 Å². The maximum Gasteiger partial charge on any atom is 0.307 e. The van der Waals surface area contributed by atoms with Crippen LogP contribution in [-0.2, 0) is 4.79 Å². The van der Waals surface area contributed by atoms with E-state index in [2.05, 4.69) is 9.97 Å². The minimum Gasteiger partial charge on any atom is -0.481 e. The van der Waals surface area contributed by atoms with Gasteiger partial charge in [0, 0.05) is 11.8 Å². The summed E-state index contributed by atoms with van der Waals surface area (Å²) >= 11 is 1.51. The maximum atomic E-state index is 11.4. The lowest BCUT2D eigenvalue weighted by Gasteiger charge is -2.03. The minimum atomic E-state index is -0.879. The molecule has 0 aliphatic carbocycles. The molecule has 0 fully saturated rings. The molecule has 0 amide bonds. The number of para-hydroxylation sites is 1. The Morgan fingerprint density at radius 3 is 2.92 bits per heavy atom. The number of imidazole rings is 1. The first-order valence-electron chi connectivity index (χ1n) is 7.82. The Labute approximate surface area is 147 Å². The Balaban J connectivity index is 1.86. The number of carboxylic acids is 1. The van der Waals surface area contributed by atoms with Gasteiger partial charge in [-0.3, -0.25) is 4.79 Å². The average molecular weight is 349 g/mol. The fourth-order valence-electron chi connectivity index (χ4n) is 2.75. The van der Waals surface area contributed by atoms with Gasteiger partial charge < -0.3 is 9.51 Å². The van der Waals surface area contributed by atoms with Crippen LogP contribution < -0.4 is 0 Å². The number of thiazole rings is 1. The van der Waals surface area contributed by atoms with Crippen LogP contribution >= 0.6 is 11.3 Å². The van der Waals surface area contributed by atoms with Gasteiger partial charge in [0.05, 0.1) is 28.5 Å². The van der Waals surface area contributed by atoms with Gasteiger partial charge in [0.1, 0.15) is 10.7 Å². The van der Waals surface area contributed by atoms with Crippen molar-refractivity contribution in [3.05, 3.63) is 65.1 Å². The molecule has 124 valence electrons. The lowest BCUT2D eigenvalue weighted by molar-refractivity contribution is -0.135. The number of aromatic nitrogens is 3. The van der Waals surface area contributed by atoms with E-state index in [9.17, 15) is 9.90 Å². The van der Waals surface area contributed by atoms with Crippen molar-refractivity contribution in [2.45, 2.75) is 13.3 Å². The number of fused-ring (bicyclic) bond motifs is 2. The smallest absolute Gasteiger partial charge is 0.307 e. The number of pyridine rings is 1. The van der Waals surface area contributed by atoms with Gasteiger partial charge in [-0.15, -0.1) is 11.3 Å². The third kappa shape index (κ3) is 3.04. The highest BCUT2D eigenvalue weighted by Crippen LogP contribution is 2.30. The molecule has 0 saturated carbocycles. The number of hydrogen-bond donors (Lipinski definition) is 1. The molecule has 0 saturated heterocycles. The first-order chi connectivity index (χ1) is 12.1. The van der Waals surface area contributed by atoms with Gasteiger partial charge in [0.25, 0.3) is 0 Å². The van der Waals surface area contributed by atoms with Crippen LogP contribution in [0.15, 0.2) is 48.8 Å². The summed E-state index contributed by atoms with van der Waals surface area (Å²) < 4.78 is 3.01. The zero-order chi connectivity index (χ0) is 17.4. The van der Waals surface area contributed by atoms with Crippen LogP contribution in [0.1, 0.15) is 22.7 Å². The molecule has 0 aliphatic heterocycles. The predicted molar refractivity (Wildman–Crippen MR) is 99.7 cm³/mol. The van der Waals surface area contributed by atoms with E-state index in [-0.39, 0.29) is 6.42 Å². The van der Waals surface area contributed by atoms with Gasteiger partial charge in [-0.25, -0.2) is 9.97 Å². The van der Waals surface area contributed by atoms with E-state index < -0.39 is 5.97 Å². The first-order valence-corrected chi connectivity index (χ1v) is 8.64. The second-order valence-electron chi connectivity index (χ2n) is 5.84. The van der Waals surface area contributed by atoms with Crippen molar-refractivity contribution < 1.29 is 9.90 Å². The quantitative estimate of drug-likeness (QED) is 0.597. The second kappa shape index (κ2) is 6.14. The summed E-state index contributed by atoms with van der Waals surface area (Å²) in [7, 11) is 0. The molecule has 4 aromatic rings. The number of benzene rings is 1. The summed E-state index contributed by atoms with van der Waals surface area (Å²) in [5, 5.41) is 10.0. The Morgan fingerprint density at radius 1 is 1.28 bits per heavy atom. The molecule has 1 N–H and O–H groups in total. The highest BCUT2D eigenvalue weighted by Gasteiger charge is 2.13. The van der Waals surface area contributed by atoms with Gasteiger partial charge in [-0.1, -0.05) is 18.2 Å². The predicted octanol–water partition coefficient (Wildman–Crippen LogP) is 4.27. The Morgan fingerprint density at radius 2 is 2.12 bits per heavy atom. The molecule has 1 aromatic carbocycles. The Bertz CT molecular complexity index is 1090. The SMILES string of the molecule is Cc1ccc2ncc(/C=C(\CC(=O)O)c3nc4ccccc4s3)n2c1. The van der Waals surface area contributed by atoms with Gasteiger partial charge in [-0.05, 0) is 36.8 Å². The van der Waals surface area contributed by atoms with Gasteiger partial charge in [-0.2, -0.15) is 0 Å². The number of nitrogens with zero attached hydrogens (tertiary/aromatic N) is 3. The number of carbonyl (C=O) groups is 1. The van der Waals surface area contributed by atoms with Crippen LogP contribution in [0.25, 0.3) is 27.5 Å². The van der Waals surface area contributed by atoms with Crippen LogP contribution in [0.3, 0.4) is 0 Å². The third-order valence-electron chi connectivity index (χ3n) is 3.91. The summed E-state index contributed by atoms with van der Waals surface area (Å²) in [5.74, 6) is -0.879. The number of aliphatic carboxylic acids is 1. The molecule has 25 heavy (non-hydrogen) atoms. The summed E-state index contributed by atoms with van der Waals surface area (Å²) in [5.41, 5.74) is 4.34. The van der Waals surface area contributed by atoms with Crippen molar-refractivity contribution in [2.75, 3.05) is 0 Å². The third-order valence-corrected chi connectivity index (χ3v) is 5.03. The van der Waals surface area contributed by atoms with Crippen LogP contribution in [0.5, 0.6) is 0 Å². The van der Waals surface area contributed by atoms with Crippen molar-refractivity contribution >= 4 is 44.8 Å². The lowest BCUT2D eigenvalue weighted by Crippen LogP contribution is -1.97. The molecule has 5 nitrogen and oxygen atoms in total. The number of aryl methyl sites for hydroxylation is 1. The second-order valence-corrected chi connectivity index (χ2v) is 6.88. The zero-order valence-corrected chi connectivity index (χ0v) is 14.3. The van der Waals surface area contributed by atoms with Gasteiger partial charge >= 0.3 is 5.97 Å². The minimum absolute atomic E-state index is 0.0845. The van der Waals surface area contributed by atoms with Gasteiger partial charge in [0.15, 0.2) is 0 Å². The summed E-state index contributed by atoms with van der Waals surface area (Å²) in [6.45, 7) is 2.01. The molecule has 0 radical (unpaired) electrons. The van der Waals surface area contributed by atoms with Crippen molar-refractivity contribution in [3.8, 4) is 0 Å². The highest BCUT2D eigenvalue weighted by molar-refractivity contribution is 7.19. The van der Waals surface area contributed by atoms with E-state index in [1.54, 1.807) is 6.20 Å².